The van der Waals surface area contributed by atoms with Crippen LogP contribution in [0.25, 0.3) is 11.5 Å². The van der Waals surface area contributed by atoms with Gasteiger partial charge >= 0.3 is 5.97 Å². The summed E-state index contributed by atoms with van der Waals surface area (Å²) < 4.78 is 24.5. The number of fused-ring (bicyclic) bond motifs is 1. The molecule has 8 heteroatoms. The summed E-state index contributed by atoms with van der Waals surface area (Å²) in [6.45, 7) is 1.61. The maximum Gasteiger partial charge on any atom is 0.314 e. The van der Waals surface area contributed by atoms with Crippen molar-refractivity contribution in [1.29, 1.82) is 0 Å². The smallest absolute Gasteiger partial charge is 0.314 e. The highest BCUT2D eigenvalue weighted by molar-refractivity contribution is 6.00. The Bertz CT molecular complexity index is 1030. The first kappa shape index (κ1) is 17.8. The topological polar surface area (TPSA) is 94.3 Å². The number of benzene rings is 2. The number of hydrogen-bond donors (Lipinski definition) is 1. The molecule has 1 aliphatic heterocycles. The van der Waals surface area contributed by atoms with Crippen molar-refractivity contribution in [3.05, 3.63) is 65.8 Å². The second-order valence-electron chi connectivity index (χ2n) is 6.43. The number of halogens is 1. The molecule has 0 aliphatic carbocycles. The van der Waals surface area contributed by atoms with Gasteiger partial charge in [0.25, 0.3) is 5.89 Å². The lowest BCUT2D eigenvalue weighted by Gasteiger charge is -2.25. The Morgan fingerprint density at radius 3 is 2.82 bits per heavy atom. The van der Waals surface area contributed by atoms with Gasteiger partial charge in [-0.05, 0) is 36.8 Å². The summed E-state index contributed by atoms with van der Waals surface area (Å²) in [4.78, 5) is 24.6. The summed E-state index contributed by atoms with van der Waals surface area (Å²) in [6, 6.07) is 13.1. The number of rotatable bonds is 4. The number of carbonyl (C=O) groups excluding carboxylic acids is 2. The van der Waals surface area contributed by atoms with Crippen LogP contribution in [0.1, 0.15) is 36.8 Å². The zero-order chi connectivity index (χ0) is 19.7. The summed E-state index contributed by atoms with van der Waals surface area (Å²) in [5.41, 5.74) is 1.53. The highest BCUT2D eigenvalue weighted by Crippen LogP contribution is 2.35. The molecule has 0 unspecified atom stereocenters. The van der Waals surface area contributed by atoms with E-state index in [1.807, 2.05) is 30.3 Å². The average molecular weight is 381 g/mol. The predicted octanol–water partition coefficient (Wildman–Crippen LogP) is 3.61. The third-order valence-electron chi connectivity index (χ3n) is 4.44. The Morgan fingerprint density at radius 2 is 2.04 bits per heavy atom. The lowest BCUT2D eigenvalue weighted by molar-refractivity contribution is -0.152. The van der Waals surface area contributed by atoms with Crippen molar-refractivity contribution >= 4 is 17.6 Å². The Kier molecular flexibility index (Phi) is 4.60. The van der Waals surface area contributed by atoms with Crippen molar-refractivity contribution in [1.82, 2.24) is 10.2 Å². The second-order valence-corrected chi connectivity index (χ2v) is 6.43. The van der Waals surface area contributed by atoms with Crippen LogP contribution in [0.2, 0.25) is 0 Å². The Labute approximate surface area is 159 Å². The molecule has 2 aromatic carbocycles. The standard InChI is InChI=1S/C20H16FN3O4/c1-11(18-23-24-19(28-18)12-5-3-2-4-6-12)27-20(26)15-10-17(25)22-16-9-13(21)7-8-14(15)16/h2-9,11,15H,10H2,1H3,(H,22,25)/t11-,15-/m0/s1. The van der Waals surface area contributed by atoms with Crippen molar-refractivity contribution in [2.75, 3.05) is 5.32 Å². The first-order chi connectivity index (χ1) is 13.5. The number of nitrogens with zero attached hydrogens (tertiary/aromatic N) is 2. The fraction of sp³-hybridized carbons (Fsp3) is 0.200. The minimum Gasteiger partial charge on any atom is -0.452 e. The fourth-order valence-corrected chi connectivity index (χ4v) is 3.05. The third-order valence-corrected chi connectivity index (χ3v) is 4.44. The molecule has 0 saturated heterocycles. The van der Waals surface area contributed by atoms with Gasteiger partial charge in [-0.15, -0.1) is 10.2 Å². The van der Waals surface area contributed by atoms with Gasteiger partial charge in [-0.2, -0.15) is 0 Å². The zero-order valence-corrected chi connectivity index (χ0v) is 14.9. The van der Waals surface area contributed by atoms with Gasteiger partial charge in [-0.3, -0.25) is 9.59 Å². The first-order valence-electron chi connectivity index (χ1n) is 8.70. The van der Waals surface area contributed by atoms with E-state index in [-0.39, 0.29) is 23.9 Å². The number of carbonyl (C=O) groups is 2. The molecule has 2 heterocycles. The van der Waals surface area contributed by atoms with Crippen LogP contribution in [0.5, 0.6) is 0 Å². The van der Waals surface area contributed by atoms with Gasteiger partial charge in [0.2, 0.25) is 11.8 Å². The fourth-order valence-electron chi connectivity index (χ4n) is 3.05. The monoisotopic (exact) mass is 381 g/mol. The SMILES string of the molecule is C[C@H](OC(=O)[C@H]1CC(=O)Nc2cc(F)ccc21)c1nnc(-c2ccccc2)o1. The van der Waals surface area contributed by atoms with Crippen LogP contribution in [0.15, 0.2) is 52.9 Å². The summed E-state index contributed by atoms with van der Waals surface area (Å²) in [5, 5.41) is 10.5. The minimum absolute atomic E-state index is 0.0801. The Balaban J connectivity index is 1.51. The van der Waals surface area contributed by atoms with E-state index in [2.05, 4.69) is 15.5 Å². The van der Waals surface area contributed by atoms with E-state index >= 15 is 0 Å². The van der Waals surface area contributed by atoms with Crippen molar-refractivity contribution in [3.63, 3.8) is 0 Å². The number of ether oxygens (including phenoxy) is 1. The molecule has 1 N–H and O–H groups in total. The molecule has 4 rings (SSSR count). The molecular weight excluding hydrogens is 365 g/mol. The van der Waals surface area contributed by atoms with Crippen LogP contribution in [0, 0.1) is 5.82 Å². The second kappa shape index (κ2) is 7.22. The maximum absolute atomic E-state index is 13.4. The van der Waals surface area contributed by atoms with Gasteiger partial charge in [0.15, 0.2) is 6.10 Å². The number of nitrogens with one attached hydrogen (secondary N) is 1. The van der Waals surface area contributed by atoms with Crippen LogP contribution in [-0.2, 0) is 14.3 Å². The molecule has 1 aromatic heterocycles. The van der Waals surface area contributed by atoms with Crippen molar-refractivity contribution in [2.24, 2.45) is 0 Å². The number of aromatic nitrogens is 2. The average Bonchev–Trinajstić information content (AvgIpc) is 3.18. The molecule has 1 amide bonds. The highest BCUT2D eigenvalue weighted by atomic mass is 19.1. The van der Waals surface area contributed by atoms with Gasteiger partial charge in [-0.1, -0.05) is 24.3 Å². The molecule has 28 heavy (non-hydrogen) atoms. The van der Waals surface area contributed by atoms with Crippen molar-refractivity contribution < 1.29 is 23.1 Å². The molecule has 0 bridgehead atoms. The first-order valence-corrected chi connectivity index (χ1v) is 8.70. The molecule has 1 aliphatic rings. The summed E-state index contributed by atoms with van der Waals surface area (Å²) in [5.74, 6) is -1.86. The van der Waals surface area contributed by atoms with E-state index in [1.165, 1.54) is 18.2 Å². The minimum atomic E-state index is -0.830. The molecule has 3 aromatic rings. The van der Waals surface area contributed by atoms with Gasteiger partial charge in [0.05, 0.1) is 5.92 Å². The van der Waals surface area contributed by atoms with Crippen molar-refractivity contribution in [3.8, 4) is 11.5 Å². The van der Waals surface area contributed by atoms with Crippen LogP contribution >= 0.6 is 0 Å². The predicted molar refractivity (Wildman–Crippen MR) is 96.6 cm³/mol. The Hall–Kier alpha value is -3.55. The number of anilines is 1. The molecular formula is C20H16FN3O4. The lowest BCUT2D eigenvalue weighted by Crippen LogP contribution is -2.29. The molecule has 142 valence electrons. The van der Waals surface area contributed by atoms with Crippen LogP contribution in [-0.4, -0.2) is 22.1 Å². The van der Waals surface area contributed by atoms with Crippen LogP contribution in [0.4, 0.5) is 10.1 Å². The largest absolute Gasteiger partial charge is 0.452 e. The summed E-state index contributed by atoms with van der Waals surface area (Å²) >= 11 is 0. The summed E-state index contributed by atoms with van der Waals surface area (Å²) in [6.07, 6.45) is -0.880. The molecule has 7 nitrogen and oxygen atoms in total. The van der Waals surface area contributed by atoms with E-state index < -0.39 is 23.8 Å². The third kappa shape index (κ3) is 3.48. The zero-order valence-electron chi connectivity index (χ0n) is 14.9. The number of hydrogen-bond acceptors (Lipinski definition) is 6. The number of amides is 1. The quantitative estimate of drug-likeness (QED) is 0.694. The molecule has 0 spiro atoms. The maximum atomic E-state index is 13.4. The van der Waals surface area contributed by atoms with E-state index in [0.29, 0.717) is 11.5 Å². The van der Waals surface area contributed by atoms with Gasteiger partial charge in [0, 0.05) is 17.7 Å². The van der Waals surface area contributed by atoms with Crippen molar-refractivity contribution in [2.45, 2.75) is 25.4 Å². The molecule has 0 radical (unpaired) electrons. The van der Waals surface area contributed by atoms with Crippen LogP contribution < -0.4 is 5.32 Å². The van der Waals surface area contributed by atoms with E-state index in [4.69, 9.17) is 9.15 Å². The van der Waals surface area contributed by atoms with Gasteiger partial charge < -0.3 is 14.5 Å². The van der Waals surface area contributed by atoms with E-state index in [1.54, 1.807) is 6.92 Å². The normalized spacial score (nSPS) is 16.8. The lowest BCUT2D eigenvalue weighted by atomic mass is 9.90. The van der Waals surface area contributed by atoms with E-state index in [0.717, 1.165) is 5.56 Å². The van der Waals surface area contributed by atoms with Gasteiger partial charge in [-0.25, -0.2) is 4.39 Å². The molecule has 0 fully saturated rings. The van der Waals surface area contributed by atoms with Crippen LogP contribution in [0.3, 0.4) is 0 Å². The molecule has 2 atom stereocenters. The summed E-state index contributed by atoms with van der Waals surface area (Å²) in [7, 11) is 0. The van der Waals surface area contributed by atoms with E-state index in [9.17, 15) is 14.0 Å². The Morgan fingerprint density at radius 1 is 1.25 bits per heavy atom. The number of esters is 1. The molecule has 0 saturated carbocycles. The van der Waals surface area contributed by atoms with Gasteiger partial charge in [0.1, 0.15) is 5.82 Å². The highest BCUT2D eigenvalue weighted by Gasteiger charge is 2.33.